The van der Waals surface area contributed by atoms with Crippen molar-refractivity contribution in [3.05, 3.63) is 34.8 Å². The van der Waals surface area contributed by atoms with Crippen LogP contribution in [0.3, 0.4) is 0 Å². The number of aromatic nitrogens is 1. The molecule has 130 valence electrons. The number of sulfonamides is 1. The molecule has 1 heterocycles. The Labute approximate surface area is 141 Å². The average Bonchev–Trinajstić information content (AvgIpc) is 2.85. The van der Waals surface area contributed by atoms with Crippen molar-refractivity contribution in [3.63, 3.8) is 0 Å². The summed E-state index contributed by atoms with van der Waals surface area (Å²) in [6.45, 7) is 1.52. The van der Waals surface area contributed by atoms with E-state index in [0.717, 1.165) is 35.6 Å². The van der Waals surface area contributed by atoms with Crippen LogP contribution < -0.4 is 4.72 Å². The van der Waals surface area contributed by atoms with Crippen LogP contribution in [0.25, 0.3) is 0 Å². The van der Waals surface area contributed by atoms with Crippen LogP contribution in [0.1, 0.15) is 15.4 Å². The van der Waals surface area contributed by atoms with E-state index in [0.29, 0.717) is 5.69 Å². The van der Waals surface area contributed by atoms with E-state index in [9.17, 15) is 25.5 Å². The highest BCUT2D eigenvalue weighted by molar-refractivity contribution is 7.93. The monoisotopic (exact) mass is 394 g/mol. The van der Waals surface area contributed by atoms with E-state index in [1.54, 1.807) is 0 Å². The summed E-state index contributed by atoms with van der Waals surface area (Å²) in [5.41, 5.74) is 0.295. The lowest BCUT2D eigenvalue weighted by atomic mass is 10.4. The summed E-state index contributed by atoms with van der Waals surface area (Å²) < 4.78 is 65.4. The van der Waals surface area contributed by atoms with Crippen molar-refractivity contribution in [1.29, 1.82) is 0 Å². The maximum Gasteiger partial charge on any atom is 0.350 e. The lowest BCUT2D eigenvalue weighted by molar-refractivity contribution is 0.0605. The van der Waals surface area contributed by atoms with E-state index in [1.807, 2.05) is 0 Å². The molecule has 0 saturated carbocycles. The number of thiazole rings is 1. The van der Waals surface area contributed by atoms with Crippen molar-refractivity contribution in [3.8, 4) is 0 Å². The maximum atomic E-state index is 12.8. The molecule has 1 aromatic carbocycles. The number of hydrogen-bond acceptors (Lipinski definition) is 8. The van der Waals surface area contributed by atoms with Gasteiger partial charge in [-0.15, -0.1) is 3.89 Å². The average molecular weight is 394 g/mol. The van der Waals surface area contributed by atoms with Gasteiger partial charge in [-0.1, -0.05) is 11.3 Å². The molecule has 0 bridgehead atoms. The van der Waals surface area contributed by atoms with E-state index in [4.69, 9.17) is 0 Å². The number of halogens is 1. The molecule has 0 fully saturated rings. The normalized spacial score (nSPS) is 12.0. The minimum Gasteiger partial charge on any atom is -0.465 e. The fraction of sp³-hybridized carbons (Fsp3) is 0.167. The molecule has 0 aliphatic rings. The quantitative estimate of drug-likeness (QED) is 0.605. The first-order chi connectivity index (χ1) is 11.0. The van der Waals surface area contributed by atoms with Gasteiger partial charge in [0, 0.05) is 0 Å². The summed E-state index contributed by atoms with van der Waals surface area (Å²) in [5, 5.41) is -0.0601. The largest absolute Gasteiger partial charge is 0.465 e. The number of carbonyl (C=O) groups excluding carboxylic acids is 1. The summed E-state index contributed by atoms with van der Waals surface area (Å²) >= 11 is 0.789. The molecule has 0 aliphatic heterocycles. The highest BCUT2D eigenvalue weighted by Crippen LogP contribution is 2.26. The van der Waals surface area contributed by atoms with Crippen molar-refractivity contribution in [2.75, 3.05) is 11.8 Å². The molecule has 0 spiro atoms. The molecule has 0 radical (unpaired) electrons. The fourth-order valence-corrected chi connectivity index (χ4v) is 4.26. The van der Waals surface area contributed by atoms with E-state index < -0.39 is 31.1 Å². The summed E-state index contributed by atoms with van der Waals surface area (Å²) in [4.78, 5) is 14.6. The summed E-state index contributed by atoms with van der Waals surface area (Å²) in [5.74, 6) is -0.645. The maximum absolute atomic E-state index is 12.8. The molecule has 0 unspecified atom stereocenters. The Morgan fingerprint density at radius 3 is 2.21 bits per heavy atom. The molecule has 8 nitrogen and oxygen atoms in total. The smallest absolute Gasteiger partial charge is 0.350 e. The van der Waals surface area contributed by atoms with Crippen LogP contribution in [0.4, 0.5) is 9.02 Å². The Balaban J connectivity index is 2.30. The second-order valence-electron chi connectivity index (χ2n) is 4.44. The Morgan fingerprint density at radius 2 is 1.71 bits per heavy atom. The molecule has 0 atom stereocenters. The SMILES string of the molecule is COC(=O)c1sc(NS(=O)(=O)c2ccc(S(=O)(=O)F)cc2)nc1C. The molecule has 1 N–H and O–H groups in total. The van der Waals surface area contributed by atoms with Crippen LogP contribution >= 0.6 is 11.3 Å². The van der Waals surface area contributed by atoms with E-state index in [-0.39, 0.29) is 14.9 Å². The molecule has 2 rings (SSSR count). The number of aryl methyl sites for hydroxylation is 1. The van der Waals surface area contributed by atoms with Gasteiger partial charge in [-0.05, 0) is 31.2 Å². The van der Waals surface area contributed by atoms with E-state index in [1.165, 1.54) is 14.0 Å². The van der Waals surface area contributed by atoms with Crippen molar-refractivity contribution >= 4 is 42.7 Å². The number of anilines is 1. The second-order valence-corrected chi connectivity index (χ2v) is 8.47. The number of hydrogen-bond donors (Lipinski definition) is 1. The van der Waals surface area contributed by atoms with Crippen molar-refractivity contribution in [2.45, 2.75) is 16.7 Å². The summed E-state index contributed by atoms with van der Waals surface area (Å²) in [7, 11) is -7.81. The predicted octanol–water partition coefficient (Wildman–Crippen LogP) is 1.70. The number of benzene rings is 1. The third kappa shape index (κ3) is 3.88. The molecule has 2 aromatic rings. The van der Waals surface area contributed by atoms with Crippen molar-refractivity contribution < 1.29 is 30.3 Å². The highest BCUT2D eigenvalue weighted by Gasteiger charge is 2.21. The second kappa shape index (κ2) is 6.45. The lowest BCUT2D eigenvalue weighted by Gasteiger charge is -2.05. The number of nitrogens with zero attached hydrogens (tertiary/aromatic N) is 1. The standard InChI is InChI=1S/C12H11FN2O6S3/c1-7-10(11(16)21-2)22-12(14-7)15-24(19,20)9-5-3-8(4-6-9)23(13,17)18/h3-6H,1-2H3,(H,14,15). The van der Waals surface area contributed by atoms with Crippen LogP contribution in [-0.2, 0) is 25.0 Å². The Kier molecular flexibility index (Phi) is 4.92. The molecule has 24 heavy (non-hydrogen) atoms. The molecule has 0 aliphatic carbocycles. The van der Waals surface area contributed by atoms with Crippen LogP contribution in [-0.4, -0.2) is 34.9 Å². The molecule has 0 saturated heterocycles. The van der Waals surface area contributed by atoms with Gasteiger partial charge in [0.15, 0.2) is 5.13 Å². The van der Waals surface area contributed by atoms with Gasteiger partial charge in [-0.3, -0.25) is 4.72 Å². The van der Waals surface area contributed by atoms with Gasteiger partial charge >= 0.3 is 16.2 Å². The Morgan fingerprint density at radius 1 is 1.17 bits per heavy atom. The number of methoxy groups -OCH3 is 1. The zero-order valence-electron chi connectivity index (χ0n) is 12.3. The van der Waals surface area contributed by atoms with Crippen molar-refractivity contribution in [2.24, 2.45) is 0 Å². The molecular weight excluding hydrogens is 383 g/mol. The van der Waals surface area contributed by atoms with Gasteiger partial charge in [0.05, 0.1) is 22.6 Å². The predicted molar refractivity (Wildman–Crippen MR) is 83.7 cm³/mol. The van der Waals surface area contributed by atoms with Gasteiger partial charge in [0.2, 0.25) is 0 Å². The summed E-state index contributed by atoms with van der Waals surface area (Å²) in [6.07, 6.45) is 0. The van der Waals surface area contributed by atoms with Crippen molar-refractivity contribution in [1.82, 2.24) is 4.98 Å². The molecule has 0 amide bonds. The van der Waals surface area contributed by atoms with E-state index in [2.05, 4.69) is 14.4 Å². The fourth-order valence-electron chi connectivity index (χ4n) is 1.68. The number of ether oxygens (including phenoxy) is 1. The van der Waals surface area contributed by atoms with Crippen LogP contribution in [0.5, 0.6) is 0 Å². The minimum atomic E-state index is -4.92. The minimum absolute atomic E-state index is 0.0601. The third-order valence-electron chi connectivity index (χ3n) is 2.80. The first-order valence-electron chi connectivity index (χ1n) is 6.18. The lowest BCUT2D eigenvalue weighted by Crippen LogP contribution is -2.12. The third-order valence-corrected chi connectivity index (χ3v) is 6.18. The van der Waals surface area contributed by atoms with Gasteiger partial charge in [0.25, 0.3) is 10.0 Å². The summed E-state index contributed by atoms with van der Waals surface area (Å²) in [6, 6.07) is 3.54. The number of rotatable bonds is 5. The topological polar surface area (TPSA) is 119 Å². The van der Waals surface area contributed by atoms with Gasteiger partial charge in [-0.2, -0.15) is 8.42 Å². The van der Waals surface area contributed by atoms with Crippen LogP contribution in [0.2, 0.25) is 0 Å². The van der Waals surface area contributed by atoms with Gasteiger partial charge < -0.3 is 4.74 Å². The first kappa shape index (κ1) is 18.3. The zero-order chi connectivity index (χ0) is 18.1. The molecule has 12 heteroatoms. The molecule has 1 aromatic heterocycles. The van der Waals surface area contributed by atoms with Gasteiger partial charge in [0.1, 0.15) is 4.88 Å². The molecular formula is C12H11FN2O6S3. The zero-order valence-corrected chi connectivity index (χ0v) is 14.8. The van der Waals surface area contributed by atoms with E-state index >= 15 is 0 Å². The Bertz CT molecular complexity index is 980. The van der Waals surface area contributed by atoms with Crippen LogP contribution in [0.15, 0.2) is 34.1 Å². The number of nitrogens with one attached hydrogen (secondary N) is 1. The van der Waals surface area contributed by atoms with Crippen LogP contribution in [0, 0.1) is 6.92 Å². The Hall–Kier alpha value is -2.05. The highest BCUT2D eigenvalue weighted by atomic mass is 32.3. The number of esters is 1. The van der Waals surface area contributed by atoms with Gasteiger partial charge in [-0.25, -0.2) is 18.2 Å². The number of carbonyl (C=O) groups is 1. The first-order valence-corrected chi connectivity index (χ1v) is 9.86.